The Balaban J connectivity index is 2.48. The SMILES string of the molecule is CCC1CCC(NCC(NC(C)=O)C(=O)OC)C1C. The number of amides is 1. The van der Waals surface area contributed by atoms with Crippen LogP contribution in [0.2, 0.25) is 0 Å². The molecule has 0 radical (unpaired) electrons. The van der Waals surface area contributed by atoms with Crippen LogP contribution >= 0.6 is 0 Å². The Morgan fingerprint density at radius 3 is 2.53 bits per heavy atom. The summed E-state index contributed by atoms with van der Waals surface area (Å²) >= 11 is 0. The van der Waals surface area contributed by atoms with Crippen LogP contribution in [0.25, 0.3) is 0 Å². The molecular weight excluding hydrogens is 244 g/mol. The second kappa shape index (κ2) is 7.48. The minimum atomic E-state index is -0.602. The third-order valence-corrected chi connectivity index (χ3v) is 4.20. The van der Waals surface area contributed by atoms with Crippen molar-refractivity contribution in [1.29, 1.82) is 0 Å². The number of carbonyl (C=O) groups is 2. The molecule has 5 nitrogen and oxygen atoms in total. The molecule has 0 bridgehead atoms. The minimum absolute atomic E-state index is 0.219. The topological polar surface area (TPSA) is 67.4 Å². The molecular formula is C14H26N2O3. The van der Waals surface area contributed by atoms with Gasteiger partial charge in [-0.05, 0) is 24.7 Å². The summed E-state index contributed by atoms with van der Waals surface area (Å²) in [6.07, 6.45) is 3.57. The second-order valence-electron chi connectivity index (χ2n) is 5.40. The number of ether oxygens (including phenoxy) is 1. The van der Waals surface area contributed by atoms with Crippen LogP contribution in [-0.4, -0.2) is 37.6 Å². The summed E-state index contributed by atoms with van der Waals surface area (Å²) in [5.74, 6) is 0.749. The van der Waals surface area contributed by atoms with Gasteiger partial charge >= 0.3 is 5.97 Å². The van der Waals surface area contributed by atoms with Crippen LogP contribution in [0.1, 0.15) is 40.0 Å². The van der Waals surface area contributed by atoms with Gasteiger partial charge in [-0.3, -0.25) is 4.79 Å². The van der Waals surface area contributed by atoms with Crippen molar-refractivity contribution in [3.8, 4) is 0 Å². The first kappa shape index (κ1) is 16.0. The zero-order valence-corrected chi connectivity index (χ0v) is 12.4. The van der Waals surface area contributed by atoms with Gasteiger partial charge in [0, 0.05) is 19.5 Å². The molecule has 1 aliphatic rings. The molecule has 0 aromatic heterocycles. The first-order valence-electron chi connectivity index (χ1n) is 7.07. The molecule has 0 saturated heterocycles. The molecule has 1 rings (SSSR count). The number of nitrogens with one attached hydrogen (secondary N) is 2. The molecule has 110 valence electrons. The predicted molar refractivity (Wildman–Crippen MR) is 73.6 cm³/mol. The van der Waals surface area contributed by atoms with E-state index in [4.69, 9.17) is 4.74 Å². The molecule has 1 aliphatic carbocycles. The van der Waals surface area contributed by atoms with Crippen LogP contribution in [0, 0.1) is 11.8 Å². The molecule has 0 aromatic rings. The molecule has 4 unspecified atom stereocenters. The Morgan fingerprint density at radius 1 is 1.37 bits per heavy atom. The summed E-state index contributed by atoms with van der Waals surface area (Å²) in [7, 11) is 1.34. The van der Waals surface area contributed by atoms with E-state index in [9.17, 15) is 9.59 Å². The summed E-state index contributed by atoms with van der Waals surface area (Å²) in [6.45, 7) is 6.31. The van der Waals surface area contributed by atoms with Crippen LogP contribution in [0.4, 0.5) is 0 Å². The fourth-order valence-electron chi connectivity index (χ4n) is 2.96. The summed E-state index contributed by atoms with van der Waals surface area (Å²) in [4.78, 5) is 22.7. The number of hydrogen-bond donors (Lipinski definition) is 2. The molecule has 0 aliphatic heterocycles. The summed E-state index contributed by atoms with van der Waals surface area (Å²) < 4.78 is 4.70. The third kappa shape index (κ3) is 4.49. The van der Waals surface area contributed by atoms with Gasteiger partial charge in [0.1, 0.15) is 6.04 Å². The highest BCUT2D eigenvalue weighted by atomic mass is 16.5. The largest absolute Gasteiger partial charge is 0.467 e. The van der Waals surface area contributed by atoms with Crippen LogP contribution in [-0.2, 0) is 14.3 Å². The average Bonchev–Trinajstić information content (AvgIpc) is 2.73. The van der Waals surface area contributed by atoms with E-state index in [1.165, 1.54) is 26.9 Å². The van der Waals surface area contributed by atoms with E-state index in [0.29, 0.717) is 18.5 Å². The van der Waals surface area contributed by atoms with E-state index in [0.717, 1.165) is 12.3 Å². The molecule has 2 N–H and O–H groups in total. The third-order valence-electron chi connectivity index (χ3n) is 4.20. The zero-order chi connectivity index (χ0) is 14.4. The molecule has 0 heterocycles. The van der Waals surface area contributed by atoms with Crippen LogP contribution in [0.3, 0.4) is 0 Å². The van der Waals surface area contributed by atoms with Gasteiger partial charge < -0.3 is 15.4 Å². The first-order chi connectivity index (χ1) is 8.99. The molecule has 0 aromatic carbocycles. The van der Waals surface area contributed by atoms with Crippen molar-refractivity contribution in [3.63, 3.8) is 0 Å². The number of carbonyl (C=O) groups excluding carboxylic acids is 2. The van der Waals surface area contributed by atoms with Crippen molar-refractivity contribution < 1.29 is 14.3 Å². The fraction of sp³-hybridized carbons (Fsp3) is 0.857. The highest BCUT2D eigenvalue weighted by molar-refractivity contribution is 5.83. The van der Waals surface area contributed by atoms with Gasteiger partial charge in [0.15, 0.2) is 0 Å². The maximum Gasteiger partial charge on any atom is 0.329 e. The van der Waals surface area contributed by atoms with E-state index < -0.39 is 12.0 Å². The number of esters is 1. The zero-order valence-electron chi connectivity index (χ0n) is 12.4. The second-order valence-corrected chi connectivity index (χ2v) is 5.40. The predicted octanol–water partition coefficient (Wildman–Crippen LogP) is 1.08. The molecule has 19 heavy (non-hydrogen) atoms. The van der Waals surface area contributed by atoms with Crippen LogP contribution in [0.5, 0.6) is 0 Å². The maximum atomic E-state index is 11.6. The van der Waals surface area contributed by atoms with E-state index >= 15 is 0 Å². The van der Waals surface area contributed by atoms with Gasteiger partial charge in [0.2, 0.25) is 5.91 Å². The van der Waals surface area contributed by atoms with E-state index in [-0.39, 0.29) is 5.91 Å². The van der Waals surface area contributed by atoms with Gasteiger partial charge in [-0.2, -0.15) is 0 Å². The average molecular weight is 270 g/mol. The minimum Gasteiger partial charge on any atom is -0.467 e. The highest BCUT2D eigenvalue weighted by Crippen LogP contribution is 2.33. The first-order valence-corrected chi connectivity index (χ1v) is 7.07. The Kier molecular flexibility index (Phi) is 6.28. The van der Waals surface area contributed by atoms with Crippen molar-refractivity contribution in [2.45, 2.75) is 52.1 Å². The lowest BCUT2D eigenvalue weighted by Gasteiger charge is -2.23. The number of hydrogen-bond acceptors (Lipinski definition) is 4. The van der Waals surface area contributed by atoms with E-state index in [2.05, 4.69) is 24.5 Å². The molecule has 0 spiro atoms. The van der Waals surface area contributed by atoms with Crippen molar-refractivity contribution in [1.82, 2.24) is 10.6 Å². The molecule has 1 saturated carbocycles. The highest BCUT2D eigenvalue weighted by Gasteiger charge is 2.32. The Hall–Kier alpha value is -1.10. The van der Waals surface area contributed by atoms with Crippen molar-refractivity contribution in [3.05, 3.63) is 0 Å². The fourth-order valence-corrected chi connectivity index (χ4v) is 2.96. The summed E-state index contributed by atoms with van der Waals surface area (Å²) in [5, 5.41) is 6.02. The molecule has 4 atom stereocenters. The molecule has 1 amide bonds. The van der Waals surface area contributed by atoms with E-state index in [1.807, 2.05) is 0 Å². The molecule has 1 fully saturated rings. The Bertz CT molecular complexity index is 320. The lowest BCUT2D eigenvalue weighted by Crippen LogP contribution is -2.49. The lowest BCUT2D eigenvalue weighted by molar-refractivity contribution is -0.144. The van der Waals surface area contributed by atoms with Crippen LogP contribution in [0.15, 0.2) is 0 Å². The van der Waals surface area contributed by atoms with Gasteiger partial charge in [-0.15, -0.1) is 0 Å². The standard InChI is InChI=1S/C14H26N2O3/c1-5-11-6-7-12(9(11)2)15-8-13(14(18)19-4)16-10(3)17/h9,11-13,15H,5-8H2,1-4H3,(H,16,17). The van der Waals surface area contributed by atoms with Crippen LogP contribution < -0.4 is 10.6 Å². The normalized spacial score (nSPS) is 27.9. The Labute approximate surface area is 115 Å². The smallest absolute Gasteiger partial charge is 0.329 e. The van der Waals surface area contributed by atoms with Crippen molar-refractivity contribution in [2.75, 3.05) is 13.7 Å². The summed E-state index contributed by atoms with van der Waals surface area (Å²) in [6, 6.07) is -0.179. The summed E-state index contributed by atoms with van der Waals surface area (Å²) in [5.41, 5.74) is 0. The van der Waals surface area contributed by atoms with E-state index in [1.54, 1.807) is 0 Å². The number of rotatable bonds is 6. The van der Waals surface area contributed by atoms with Gasteiger partial charge in [-0.1, -0.05) is 20.3 Å². The van der Waals surface area contributed by atoms with Crippen molar-refractivity contribution in [2.24, 2.45) is 11.8 Å². The lowest BCUT2D eigenvalue weighted by atomic mass is 9.93. The quantitative estimate of drug-likeness (QED) is 0.709. The molecule has 5 heteroatoms. The van der Waals surface area contributed by atoms with Crippen molar-refractivity contribution >= 4 is 11.9 Å². The monoisotopic (exact) mass is 270 g/mol. The van der Waals surface area contributed by atoms with Gasteiger partial charge in [0.05, 0.1) is 7.11 Å². The maximum absolute atomic E-state index is 11.6. The van der Waals surface area contributed by atoms with Gasteiger partial charge in [-0.25, -0.2) is 4.79 Å². The number of methoxy groups -OCH3 is 1. The Morgan fingerprint density at radius 2 is 2.05 bits per heavy atom. The van der Waals surface area contributed by atoms with Gasteiger partial charge in [0.25, 0.3) is 0 Å².